The van der Waals surface area contributed by atoms with Crippen LogP contribution >= 0.6 is 11.6 Å². The van der Waals surface area contributed by atoms with Gasteiger partial charge in [-0.15, -0.1) is 0 Å². The van der Waals surface area contributed by atoms with E-state index in [1.807, 2.05) is 42.5 Å². The summed E-state index contributed by atoms with van der Waals surface area (Å²) in [4.78, 5) is 15.5. The van der Waals surface area contributed by atoms with Crippen LogP contribution in [0.1, 0.15) is 30.4 Å². The van der Waals surface area contributed by atoms with E-state index in [1.54, 1.807) is 18.2 Å². The van der Waals surface area contributed by atoms with Crippen LogP contribution in [0.15, 0.2) is 75.9 Å². The molecule has 0 spiro atoms. The third-order valence-corrected chi connectivity index (χ3v) is 6.90. The van der Waals surface area contributed by atoms with Crippen LogP contribution in [0.25, 0.3) is 22.1 Å². The number of hydrogen-bond acceptors (Lipinski definition) is 5. The number of phenolic OH excluding ortho intramolecular Hbond substituents is 1. The van der Waals surface area contributed by atoms with Crippen molar-refractivity contribution < 1.29 is 14.3 Å². The summed E-state index contributed by atoms with van der Waals surface area (Å²) in [5, 5.41) is 11.2. The monoisotopic (exact) mass is 489 g/mol. The van der Waals surface area contributed by atoms with Gasteiger partial charge in [-0.05, 0) is 73.8 Å². The number of nitrogens with zero attached hydrogens (tertiary/aromatic N) is 1. The number of piperidine rings is 1. The molecule has 5 nitrogen and oxygen atoms in total. The zero-order valence-corrected chi connectivity index (χ0v) is 20.3. The zero-order chi connectivity index (χ0) is 24.2. The van der Waals surface area contributed by atoms with Crippen LogP contribution in [-0.2, 0) is 6.42 Å². The summed E-state index contributed by atoms with van der Waals surface area (Å²) in [6, 6.07) is 20.1. The van der Waals surface area contributed by atoms with Crippen molar-refractivity contribution in [1.29, 1.82) is 0 Å². The van der Waals surface area contributed by atoms with Crippen LogP contribution in [0, 0.1) is 0 Å². The molecule has 1 aliphatic rings. The van der Waals surface area contributed by atoms with Gasteiger partial charge in [-0.2, -0.15) is 0 Å². The molecule has 3 aromatic carbocycles. The lowest BCUT2D eigenvalue weighted by molar-refractivity contribution is 0.183. The van der Waals surface area contributed by atoms with E-state index in [0.717, 1.165) is 41.9 Å². The summed E-state index contributed by atoms with van der Waals surface area (Å²) in [6.07, 6.45) is 4.38. The van der Waals surface area contributed by atoms with Gasteiger partial charge in [0.05, 0.1) is 5.56 Å². The maximum atomic E-state index is 13.1. The van der Waals surface area contributed by atoms with Crippen LogP contribution < -0.4 is 10.4 Å². The van der Waals surface area contributed by atoms with Crippen molar-refractivity contribution in [2.24, 2.45) is 0 Å². The molecule has 1 fully saturated rings. The Morgan fingerprint density at radius 3 is 2.51 bits per heavy atom. The van der Waals surface area contributed by atoms with Gasteiger partial charge >= 0.3 is 5.63 Å². The molecule has 0 radical (unpaired) electrons. The van der Waals surface area contributed by atoms with E-state index in [4.69, 9.17) is 20.8 Å². The molecule has 0 bridgehead atoms. The van der Waals surface area contributed by atoms with E-state index in [9.17, 15) is 9.90 Å². The maximum absolute atomic E-state index is 13.1. The first-order valence-electron chi connectivity index (χ1n) is 12.1. The topological polar surface area (TPSA) is 62.9 Å². The van der Waals surface area contributed by atoms with E-state index < -0.39 is 5.63 Å². The highest BCUT2D eigenvalue weighted by Crippen LogP contribution is 2.34. The predicted molar refractivity (Wildman–Crippen MR) is 140 cm³/mol. The van der Waals surface area contributed by atoms with E-state index in [1.165, 1.54) is 25.3 Å². The first-order chi connectivity index (χ1) is 17.1. The van der Waals surface area contributed by atoms with E-state index in [2.05, 4.69) is 4.90 Å². The summed E-state index contributed by atoms with van der Waals surface area (Å²) in [5.74, 6) is 0.877. The van der Waals surface area contributed by atoms with Gasteiger partial charge in [0.15, 0.2) is 0 Å². The van der Waals surface area contributed by atoms with Crippen LogP contribution in [0.3, 0.4) is 0 Å². The number of likely N-dealkylation sites (tertiary alicyclic amines) is 1. The Kier molecular flexibility index (Phi) is 7.07. The number of aromatic hydroxyl groups is 1. The van der Waals surface area contributed by atoms with Crippen molar-refractivity contribution in [3.8, 4) is 22.6 Å². The lowest BCUT2D eigenvalue weighted by Crippen LogP contribution is -2.33. The summed E-state index contributed by atoms with van der Waals surface area (Å²) in [7, 11) is 0. The van der Waals surface area contributed by atoms with Gasteiger partial charge in [0, 0.05) is 28.6 Å². The second kappa shape index (κ2) is 10.5. The minimum atomic E-state index is -0.483. The van der Waals surface area contributed by atoms with Gasteiger partial charge in [-0.1, -0.05) is 48.4 Å². The fraction of sp³-hybridized carbons (Fsp3) is 0.276. The second-order valence-electron chi connectivity index (χ2n) is 8.97. The predicted octanol–water partition coefficient (Wildman–Crippen LogP) is 6.27. The molecule has 1 aromatic heterocycles. The molecule has 180 valence electrons. The smallest absolute Gasteiger partial charge is 0.344 e. The highest BCUT2D eigenvalue weighted by Gasteiger charge is 2.19. The Bertz CT molecular complexity index is 1370. The molecule has 0 atom stereocenters. The number of benzene rings is 3. The van der Waals surface area contributed by atoms with Gasteiger partial charge in [0.25, 0.3) is 0 Å². The minimum absolute atomic E-state index is 0.0446. The zero-order valence-electron chi connectivity index (χ0n) is 19.5. The molecule has 6 heteroatoms. The minimum Gasteiger partial charge on any atom is -0.508 e. The number of fused-ring (bicyclic) bond motifs is 1. The van der Waals surface area contributed by atoms with E-state index in [0.29, 0.717) is 34.8 Å². The maximum Gasteiger partial charge on any atom is 0.344 e. The van der Waals surface area contributed by atoms with Crippen molar-refractivity contribution in [3.05, 3.63) is 93.3 Å². The molecule has 0 saturated carbocycles. The van der Waals surface area contributed by atoms with Crippen molar-refractivity contribution >= 4 is 22.6 Å². The highest BCUT2D eigenvalue weighted by molar-refractivity contribution is 6.33. The third-order valence-electron chi connectivity index (χ3n) is 6.57. The van der Waals surface area contributed by atoms with Crippen molar-refractivity contribution in [3.63, 3.8) is 0 Å². The molecule has 2 heterocycles. The van der Waals surface area contributed by atoms with Crippen molar-refractivity contribution in [2.75, 3.05) is 26.2 Å². The molecule has 1 N–H and O–H groups in total. The van der Waals surface area contributed by atoms with Crippen LogP contribution in [0.4, 0.5) is 0 Å². The Morgan fingerprint density at radius 2 is 1.74 bits per heavy atom. The van der Waals surface area contributed by atoms with Crippen LogP contribution in [0.5, 0.6) is 11.5 Å². The largest absolute Gasteiger partial charge is 0.508 e. The molecular formula is C29H28ClNO4. The summed E-state index contributed by atoms with van der Waals surface area (Å²) < 4.78 is 11.5. The molecule has 0 unspecified atom stereocenters. The van der Waals surface area contributed by atoms with Crippen LogP contribution in [-0.4, -0.2) is 36.2 Å². The number of rotatable bonds is 7. The third kappa shape index (κ3) is 5.37. The SMILES string of the molecule is O=c1oc2cc(O)ccc2c(Cc2ccc(OCCN3CCCCC3)cc2)c1-c1ccccc1Cl. The molecule has 35 heavy (non-hydrogen) atoms. The number of halogens is 1. The fourth-order valence-corrected chi connectivity index (χ4v) is 4.99. The van der Waals surface area contributed by atoms with Gasteiger partial charge in [-0.25, -0.2) is 4.79 Å². The Hall–Kier alpha value is -3.28. The highest BCUT2D eigenvalue weighted by atomic mass is 35.5. The number of phenols is 1. The van der Waals surface area contributed by atoms with Gasteiger partial charge < -0.3 is 14.3 Å². The lowest BCUT2D eigenvalue weighted by Gasteiger charge is -2.26. The molecule has 0 aliphatic carbocycles. The Labute approximate surface area is 209 Å². The Morgan fingerprint density at radius 1 is 0.971 bits per heavy atom. The first kappa shape index (κ1) is 23.5. The molecule has 4 aromatic rings. The summed E-state index contributed by atoms with van der Waals surface area (Å²) >= 11 is 6.47. The second-order valence-corrected chi connectivity index (χ2v) is 9.38. The average Bonchev–Trinajstić information content (AvgIpc) is 2.86. The summed E-state index contributed by atoms with van der Waals surface area (Å²) in [5.41, 5.74) is 2.77. The number of ether oxygens (including phenoxy) is 1. The van der Waals surface area contributed by atoms with E-state index in [-0.39, 0.29) is 5.75 Å². The first-order valence-corrected chi connectivity index (χ1v) is 12.4. The Balaban J connectivity index is 1.42. The molecule has 0 amide bonds. The molecule has 1 aliphatic heterocycles. The van der Waals surface area contributed by atoms with Crippen molar-refractivity contribution in [2.45, 2.75) is 25.7 Å². The number of hydrogen-bond donors (Lipinski definition) is 1. The van der Waals surface area contributed by atoms with Gasteiger partial charge in [0.1, 0.15) is 23.7 Å². The average molecular weight is 490 g/mol. The van der Waals surface area contributed by atoms with E-state index >= 15 is 0 Å². The summed E-state index contributed by atoms with van der Waals surface area (Å²) in [6.45, 7) is 3.94. The molecule has 5 rings (SSSR count). The van der Waals surface area contributed by atoms with Crippen molar-refractivity contribution in [1.82, 2.24) is 4.90 Å². The standard InChI is InChI=1S/C29H28ClNO4/c30-26-7-3-2-6-24(26)28-25(23-13-10-21(32)19-27(23)35-29(28)33)18-20-8-11-22(12-9-20)34-17-16-31-14-4-1-5-15-31/h2-3,6-13,19,32H,1,4-5,14-18H2. The lowest BCUT2D eigenvalue weighted by atomic mass is 9.93. The van der Waals surface area contributed by atoms with Gasteiger partial charge in [-0.3, -0.25) is 4.90 Å². The normalized spacial score (nSPS) is 14.3. The quantitative estimate of drug-likeness (QED) is 0.310. The van der Waals surface area contributed by atoms with Gasteiger partial charge in [0.2, 0.25) is 0 Å². The van der Waals surface area contributed by atoms with Crippen LogP contribution in [0.2, 0.25) is 5.02 Å². The fourth-order valence-electron chi connectivity index (χ4n) is 4.76. The molecular weight excluding hydrogens is 462 g/mol. The molecule has 1 saturated heterocycles.